The Morgan fingerprint density at radius 2 is 2.06 bits per heavy atom. The van der Waals surface area contributed by atoms with Crippen LogP contribution in [0.3, 0.4) is 0 Å². The van der Waals surface area contributed by atoms with Crippen molar-refractivity contribution in [1.29, 1.82) is 0 Å². The van der Waals surface area contributed by atoms with E-state index in [0.29, 0.717) is 6.54 Å². The van der Waals surface area contributed by atoms with Crippen molar-refractivity contribution in [1.82, 2.24) is 0 Å². The molecule has 1 aromatic rings. The Labute approximate surface area is 103 Å². The third kappa shape index (κ3) is 4.94. The van der Waals surface area contributed by atoms with E-state index in [1.54, 1.807) is 37.5 Å². The Balaban J connectivity index is 2.58. The van der Waals surface area contributed by atoms with E-state index < -0.39 is 7.94 Å². The van der Waals surface area contributed by atoms with Crippen LogP contribution in [-0.2, 0) is 0 Å². The van der Waals surface area contributed by atoms with E-state index in [-0.39, 0.29) is 0 Å². The van der Waals surface area contributed by atoms with Crippen LogP contribution in [0.2, 0.25) is 0 Å². The molecule has 0 saturated heterocycles. The minimum absolute atomic E-state index is 0.467. The highest BCUT2D eigenvalue weighted by atomic mass is 31.1. The lowest BCUT2D eigenvalue weighted by Gasteiger charge is -1.99. The maximum absolute atomic E-state index is 11.8. The molecule has 0 aromatic heterocycles. The van der Waals surface area contributed by atoms with Gasteiger partial charge in [0.2, 0.25) is 7.94 Å². The van der Waals surface area contributed by atoms with Crippen LogP contribution in [0.4, 0.5) is 0 Å². The summed E-state index contributed by atoms with van der Waals surface area (Å²) in [5.41, 5.74) is 0. The number of benzene rings is 1. The summed E-state index contributed by atoms with van der Waals surface area (Å²) in [6.45, 7) is 4.07. The highest BCUT2D eigenvalue weighted by Crippen LogP contribution is 2.16. The Morgan fingerprint density at radius 3 is 2.65 bits per heavy atom. The van der Waals surface area contributed by atoms with E-state index in [1.807, 2.05) is 12.2 Å². The predicted octanol–water partition coefficient (Wildman–Crippen LogP) is 2.39. The molecule has 0 N–H and O–H groups in total. The molecule has 1 atom stereocenters. The number of ether oxygens (including phenoxy) is 1. The first-order valence-electron chi connectivity index (χ1n) is 5.32. The van der Waals surface area contributed by atoms with E-state index in [4.69, 9.17) is 4.74 Å². The van der Waals surface area contributed by atoms with E-state index in [0.717, 1.165) is 17.5 Å². The molecular formula is C13H16NO2P. The zero-order chi connectivity index (χ0) is 12.5. The summed E-state index contributed by atoms with van der Waals surface area (Å²) in [7, 11) is -0.0706. The summed E-state index contributed by atoms with van der Waals surface area (Å²) >= 11 is 0. The summed E-state index contributed by atoms with van der Waals surface area (Å²) in [6.07, 6.45) is 6.46. The monoisotopic (exact) mass is 249 g/mol. The third-order valence-corrected chi connectivity index (χ3v) is 3.24. The molecule has 90 valence electrons. The largest absolute Gasteiger partial charge is 0.607 e. The molecular weight excluding hydrogens is 233 g/mol. The van der Waals surface area contributed by atoms with Crippen LogP contribution in [0.5, 0.6) is 5.75 Å². The van der Waals surface area contributed by atoms with Crippen molar-refractivity contribution in [2.45, 2.75) is 6.42 Å². The summed E-state index contributed by atoms with van der Waals surface area (Å²) in [6, 6.07) is 7.11. The molecule has 1 aromatic carbocycles. The number of allylic oxidation sites excluding steroid dienone is 2. The van der Waals surface area contributed by atoms with E-state index >= 15 is 0 Å². The summed E-state index contributed by atoms with van der Waals surface area (Å²) in [5.74, 6) is 0.753. The fourth-order valence-corrected chi connectivity index (χ4v) is 1.99. The summed E-state index contributed by atoms with van der Waals surface area (Å²) < 4.78 is 9.10. The molecule has 3 nitrogen and oxygen atoms in total. The second-order valence-electron chi connectivity index (χ2n) is 3.29. The van der Waals surface area contributed by atoms with Gasteiger partial charge in [-0.25, -0.2) is 0 Å². The van der Waals surface area contributed by atoms with Crippen molar-refractivity contribution in [2.75, 3.05) is 13.7 Å². The quantitative estimate of drug-likeness (QED) is 0.574. The molecule has 4 heteroatoms. The molecule has 0 saturated carbocycles. The predicted molar refractivity (Wildman–Crippen MR) is 70.8 cm³/mol. The minimum atomic E-state index is -1.67. The lowest BCUT2D eigenvalue weighted by Crippen LogP contribution is -2.04. The second kappa shape index (κ2) is 7.77. The van der Waals surface area contributed by atoms with Crippen LogP contribution in [0.15, 0.2) is 53.8 Å². The van der Waals surface area contributed by atoms with Gasteiger partial charge in [-0.15, -0.1) is 11.3 Å². The third-order valence-electron chi connectivity index (χ3n) is 2.08. The van der Waals surface area contributed by atoms with Gasteiger partial charge in [-0.1, -0.05) is 18.2 Å². The standard InChI is InChI=1S/C13H16NO2P/c1-3-4-5-6-11-14-17(15)13-9-7-12(16-2)8-10-13/h3,5-10H,1,4,11H2,2H3. The highest BCUT2D eigenvalue weighted by molar-refractivity contribution is 7.48. The number of hydrogen-bond donors (Lipinski definition) is 0. The van der Waals surface area contributed by atoms with Gasteiger partial charge in [0.25, 0.3) is 0 Å². The fraction of sp³-hybridized carbons (Fsp3) is 0.231. The number of methoxy groups -OCH3 is 1. The van der Waals surface area contributed by atoms with E-state index in [1.165, 1.54) is 0 Å². The molecule has 0 amide bonds. The van der Waals surface area contributed by atoms with Crippen molar-refractivity contribution >= 4 is 13.2 Å². The molecule has 0 bridgehead atoms. The zero-order valence-electron chi connectivity index (χ0n) is 9.87. The average Bonchev–Trinajstić information content (AvgIpc) is 2.38. The first-order chi connectivity index (χ1) is 8.27. The minimum Gasteiger partial charge on any atom is -0.607 e. The normalized spacial score (nSPS) is 11.8. The van der Waals surface area contributed by atoms with E-state index in [9.17, 15) is 4.89 Å². The van der Waals surface area contributed by atoms with Gasteiger partial charge in [-0.3, -0.25) is 0 Å². The van der Waals surface area contributed by atoms with Crippen molar-refractivity contribution in [3.05, 3.63) is 49.1 Å². The van der Waals surface area contributed by atoms with Crippen LogP contribution in [0.1, 0.15) is 6.42 Å². The van der Waals surface area contributed by atoms with Crippen molar-refractivity contribution < 1.29 is 9.63 Å². The van der Waals surface area contributed by atoms with Crippen LogP contribution in [0.25, 0.3) is 0 Å². The van der Waals surface area contributed by atoms with Gasteiger partial charge in [-0.05, 0) is 30.7 Å². The highest BCUT2D eigenvalue weighted by Gasteiger charge is 2.03. The lowest BCUT2D eigenvalue weighted by atomic mass is 10.3. The molecule has 17 heavy (non-hydrogen) atoms. The van der Waals surface area contributed by atoms with Gasteiger partial charge in [0.05, 0.1) is 7.11 Å². The number of rotatable bonds is 6. The average molecular weight is 249 g/mol. The molecule has 0 spiro atoms. The molecule has 0 heterocycles. The Bertz CT molecular complexity index is 410. The van der Waals surface area contributed by atoms with Gasteiger partial charge in [-0.2, -0.15) is 0 Å². The van der Waals surface area contributed by atoms with Gasteiger partial charge < -0.3 is 9.63 Å². The fourth-order valence-electron chi connectivity index (χ4n) is 1.18. The van der Waals surface area contributed by atoms with Crippen molar-refractivity contribution in [2.24, 2.45) is 4.74 Å². The lowest BCUT2D eigenvalue weighted by molar-refractivity contribution is -0.152. The van der Waals surface area contributed by atoms with Crippen LogP contribution in [0, 0.1) is 0 Å². The molecule has 0 fully saturated rings. The van der Waals surface area contributed by atoms with Gasteiger partial charge in [0.1, 0.15) is 12.3 Å². The maximum Gasteiger partial charge on any atom is 0.203 e. The van der Waals surface area contributed by atoms with Crippen molar-refractivity contribution in [3.63, 3.8) is 0 Å². The van der Waals surface area contributed by atoms with Crippen LogP contribution >= 0.6 is 7.94 Å². The van der Waals surface area contributed by atoms with Gasteiger partial charge in [0, 0.05) is 0 Å². The Morgan fingerprint density at radius 1 is 1.35 bits per heavy atom. The molecule has 0 aliphatic rings. The molecule has 0 aliphatic heterocycles. The van der Waals surface area contributed by atoms with Crippen LogP contribution in [-0.4, -0.2) is 13.7 Å². The van der Waals surface area contributed by atoms with E-state index in [2.05, 4.69) is 11.3 Å². The number of hydrogen-bond acceptors (Lipinski definition) is 3. The molecule has 0 aliphatic carbocycles. The van der Waals surface area contributed by atoms with Gasteiger partial charge >= 0.3 is 0 Å². The molecule has 0 radical (unpaired) electrons. The maximum atomic E-state index is 11.8. The second-order valence-corrected chi connectivity index (χ2v) is 4.64. The van der Waals surface area contributed by atoms with Gasteiger partial charge in [0.15, 0.2) is 5.30 Å². The topological polar surface area (TPSA) is 44.7 Å². The SMILES string of the molecule is C=CCC=CCN=[P+]([O-])c1ccc(OC)cc1. The molecule has 1 rings (SSSR count). The Hall–Kier alpha value is -1.44. The molecule has 1 unspecified atom stereocenters. The number of nitrogens with zero attached hydrogens (tertiary/aromatic N) is 1. The summed E-state index contributed by atoms with van der Waals surface area (Å²) in [5, 5.41) is 0.720. The summed E-state index contributed by atoms with van der Waals surface area (Å²) in [4.78, 5) is 11.8. The Kier molecular flexibility index (Phi) is 6.23. The smallest absolute Gasteiger partial charge is 0.203 e. The van der Waals surface area contributed by atoms with Crippen LogP contribution < -0.4 is 14.9 Å². The van der Waals surface area contributed by atoms with Crippen molar-refractivity contribution in [3.8, 4) is 5.75 Å². The first-order valence-corrected chi connectivity index (χ1v) is 6.53. The first kappa shape index (κ1) is 13.6. The zero-order valence-corrected chi connectivity index (χ0v) is 10.8.